The van der Waals surface area contributed by atoms with Gasteiger partial charge in [-0.15, -0.1) is 0 Å². The summed E-state index contributed by atoms with van der Waals surface area (Å²) in [5.41, 5.74) is 1.45. The molecule has 1 saturated heterocycles. The molecule has 3 nitrogen and oxygen atoms in total. The SMILES string of the molecule is O=C1S/C(=C/c2cccc(Cl)c2)C(=O)N1Cc1ccc(F)cc1. The van der Waals surface area contributed by atoms with Gasteiger partial charge in [0.15, 0.2) is 0 Å². The van der Waals surface area contributed by atoms with Crippen molar-refractivity contribution in [2.45, 2.75) is 6.54 Å². The Morgan fingerprint density at radius 1 is 1.13 bits per heavy atom. The first-order valence-electron chi connectivity index (χ1n) is 6.78. The molecule has 0 saturated carbocycles. The van der Waals surface area contributed by atoms with E-state index in [2.05, 4.69) is 0 Å². The molecule has 116 valence electrons. The van der Waals surface area contributed by atoms with E-state index in [-0.39, 0.29) is 23.5 Å². The van der Waals surface area contributed by atoms with Gasteiger partial charge in [-0.25, -0.2) is 4.39 Å². The van der Waals surface area contributed by atoms with Crippen molar-refractivity contribution in [1.29, 1.82) is 0 Å². The first-order valence-corrected chi connectivity index (χ1v) is 7.98. The number of carbonyl (C=O) groups is 2. The van der Waals surface area contributed by atoms with Gasteiger partial charge in [0.05, 0.1) is 11.4 Å². The Morgan fingerprint density at radius 3 is 2.57 bits per heavy atom. The van der Waals surface area contributed by atoms with Crippen LogP contribution in [-0.2, 0) is 11.3 Å². The first kappa shape index (κ1) is 15.8. The molecular formula is C17H11ClFNO2S. The van der Waals surface area contributed by atoms with E-state index in [1.54, 1.807) is 42.5 Å². The molecule has 1 aliphatic heterocycles. The largest absolute Gasteiger partial charge is 0.293 e. The van der Waals surface area contributed by atoms with E-state index in [1.807, 2.05) is 0 Å². The van der Waals surface area contributed by atoms with Crippen molar-refractivity contribution in [1.82, 2.24) is 4.90 Å². The Kier molecular flexibility index (Phi) is 4.50. The number of rotatable bonds is 3. The van der Waals surface area contributed by atoms with Crippen LogP contribution in [0.1, 0.15) is 11.1 Å². The highest BCUT2D eigenvalue weighted by molar-refractivity contribution is 8.18. The fraction of sp³-hybridized carbons (Fsp3) is 0.0588. The lowest BCUT2D eigenvalue weighted by atomic mass is 10.2. The van der Waals surface area contributed by atoms with Crippen LogP contribution in [0.4, 0.5) is 9.18 Å². The second kappa shape index (κ2) is 6.56. The number of amides is 2. The highest BCUT2D eigenvalue weighted by Gasteiger charge is 2.34. The normalized spacial score (nSPS) is 16.4. The standard InChI is InChI=1S/C17H11ClFNO2S/c18-13-3-1-2-12(8-13)9-15-16(21)20(17(22)23-15)10-11-4-6-14(19)7-5-11/h1-9H,10H2/b15-9+. The maximum atomic E-state index is 12.9. The van der Waals surface area contributed by atoms with E-state index in [9.17, 15) is 14.0 Å². The molecule has 0 bridgehead atoms. The summed E-state index contributed by atoms with van der Waals surface area (Å²) in [5.74, 6) is -0.715. The summed E-state index contributed by atoms with van der Waals surface area (Å²) in [6.07, 6.45) is 1.64. The molecule has 0 aromatic heterocycles. The Balaban J connectivity index is 1.81. The maximum absolute atomic E-state index is 12.9. The van der Waals surface area contributed by atoms with Crippen LogP contribution in [0.3, 0.4) is 0 Å². The predicted molar refractivity (Wildman–Crippen MR) is 89.4 cm³/mol. The molecule has 23 heavy (non-hydrogen) atoms. The van der Waals surface area contributed by atoms with Gasteiger partial charge in [-0.1, -0.05) is 35.9 Å². The van der Waals surface area contributed by atoms with Crippen LogP contribution in [0.5, 0.6) is 0 Å². The van der Waals surface area contributed by atoms with Crippen molar-refractivity contribution < 1.29 is 14.0 Å². The zero-order chi connectivity index (χ0) is 16.4. The molecule has 3 rings (SSSR count). The summed E-state index contributed by atoms with van der Waals surface area (Å²) < 4.78 is 12.9. The van der Waals surface area contributed by atoms with Gasteiger partial charge in [0, 0.05) is 5.02 Å². The van der Waals surface area contributed by atoms with Crippen molar-refractivity contribution >= 4 is 40.6 Å². The molecule has 2 amide bonds. The van der Waals surface area contributed by atoms with E-state index in [4.69, 9.17) is 11.6 Å². The Hall–Kier alpha value is -2.11. The van der Waals surface area contributed by atoms with Crippen molar-refractivity contribution in [2.24, 2.45) is 0 Å². The molecule has 1 aliphatic rings. The average Bonchev–Trinajstić information content (AvgIpc) is 2.77. The number of nitrogens with zero attached hydrogens (tertiary/aromatic N) is 1. The maximum Gasteiger partial charge on any atom is 0.293 e. The smallest absolute Gasteiger partial charge is 0.268 e. The highest BCUT2D eigenvalue weighted by atomic mass is 35.5. The van der Waals surface area contributed by atoms with Crippen LogP contribution >= 0.6 is 23.4 Å². The van der Waals surface area contributed by atoms with Crippen molar-refractivity contribution in [3.8, 4) is 0 Å². The molecule has 0 N–H and O–H groups in total. The van der Waals surface area contributed by atoms with Gasteiger partial charge in [0.1, 0.15) is 5.82 Å². The topological polar surface area (TPSA) is 37.4 Å². The number of halogens is 2. The summed E-state index contributed by atoms with van der Waals surface area (Å²) >= 11 is 6.80. The quantitative estimate of drug-likeness (QED) is 0.754. The van der Waals surface area contributed by atoms with Gasteiger partial charge in [-0.2, -0.15) is 0 Å². The lowest BCUT2D eigenvalue weighted by Crippen LogP contribution is -2.27. The Bertz CT molecular complexity index is 804. The van der Waals surface area contributed by atoms with Crippen LogP contribution < -0.4 is 0 Å². The number of hydrogen-bond donors (Lipinski definition) is 0. The first-order chi connectivity index (χ1) is 11.0. The lowest BCUT2D eigenvalue weighted by Gasteiger charge is -2.12. The number of hydrogen-bond acceptors (Lipinski definition) is 3. The molecule has 0 spiro atoms. The average molecular weight is 348 g/mol. The van der Waals surface area contributed by atoms with Crippen LogP contribution in [0.25, 0.3) is 6.08 Å². The predicted octanol–water partition coefficient (Wildman–Crippen LogP) is 4.72. The van der Waals surface area contributed by atoms with Gasteiger partial charge in [-0.05, 0) is 53.2 Å². The second-order valence-corrected chi connectivity index (χ2v) is 6.38. The van der Waals surface area contributed by atoms with Gasteiger partial charge >= 0.3 is 0 Å². The molecule has 2 aromatic carbocycles. The van der Waals surface area contributed by atoms with Gasteiger partial charge in [0.25, 0.3) is 11.1 Å². The fourth-order valence-electron chi connectivity index (χ4n) is 2.16. The molecule has 0 atom stereocenters. The van der Waals surface area contributed by atoms with E-state index < -0.39 is 0 Å². The zero-order valence-corrected chi connectivity index (χ0v) is 13.4. The molecule has 0 aliphatic carbocycles. The summed E-state index contributed by atoms with van der Waals surface area (Å²) in [6, 6.07) is 12.7. The van der Waals surface area contributed by atoms with Crippen LogP contribution in [0.15, 0.2) is 53.4 Å². The molecule has 6 heteroatoms. The molecule has 2 aromatic rings. The monoisotopic (exact) mass is 347 g/mol. The second-order valence-electron chi connectivity index (χ2n) is 4.95. The molecule has 0 radical (unpaired) electrons. The Morgan fingerprint density at radius 2 is 1.87 bits per heavy atom. The lowest BCUT2D eigenvalue weighted by molar-refractivity contribution is -0.123. The minimum atomic E-state index is -0.358. The zero-order valence-electron chi connectivity index (χ0n) is 11.8. The van der Waals surface area contributed by atoms with E-state index in [1.165, 1.54) is 12.1 Å². The van der Waals surface area contributed by atoms with Gasteiger partial charge < -0.3 is 0 Å². The Labute approximate surface area is 141 Å². The molecule has 0 unspecified atom stereocenters. The van der Waals surface area contributed by atoms with Crippen molar-refractivity contribution in [3.63, 3.8) is 0 Å². The third-order valence-electron chi connectivity index (χ3n) is 3.27. The van der Waals surface area contributed by atoms with E-state index >= 15 is 0 Å². The molecule has 1 heterocycles. The van der Waals surface area contributed by atoms with Gasteiger partial charge in [-0.3, -0.25) is 14.5 Å². The number of imide groups is 1. The highest BCUT2D eigenvalue weighted by Crippen LogP contribution is 2.33. The number of carbonyl (C=O) groups excluding carboxylic acids is 2. The summed E-state index contributed by atoms with van der Waals surface area (Å²) in [5, 5.41) is 0.219. The van der Waals surface area contributed by atoms with Crippen molar-refractivity contribution in [2.75, 3.05) is 0 Å². The van der Waals surface area contributed by atoms with Crippen LogP contribution in [0, 0.1) is 5.82 Å². The van der Waals surface area contributed by atoms with E-state index in [0.717, 1.165) is 22.2 Å². The summed E-state index contributed by atoms with van der Waals surface area (Å²) in [7, 11) is 0. The van der Waals surface area contributed by atoms with E-state index in [0.29, 0.717) is 15.5 Å². The summed E-state index contributed by atoms with van der Waals surface area (Å²) in [4.78, 5) is 25.9. The number of thioether (sulfide) groups is 1. The minimum Gasteiger partial charge on any atom is -0.268 e. The third-order valence-corrected chi connectivity index (χ3v) is 4.42. The fourth-order valence-corrected chi connectivity index (χ4v) is 3.19. The third kappa shape index (κ3) is 3.63. The van der Waals surface area contributed by atoms with Crippen molar-refractivity contribution in [3.05, 3.63) is 75.4 Å². The minimum absolute atomic E-state index is 0.123. The molecule has 1 fully saturated rings. The summed E-state index contributed by atoms with van der Waals surface area (Å²) in [6.45, 7) is 0.123. The number of benzene rings is 2. The molecular weight excluding hydrogens is 337 g/mol. The van der Waals surface area contributed by atoms with Crippen LogP contribution in [-0.4, -0.2) is 16.0 Å². The van der Waals surface area contributed by atoms with Gasteiger partial charge in [0.2, 0.25) is 0 Å². The van der Waals surface area contributed by atoms with Crippen LogP contribution in [0.2, 0.25) is 5.02 Å².